The van der Waals surface area contributed by atoms with Gasteiger partial charge in [0.05, 0.1) is 17.2 Å². The molecule has 1 fully saturated rings. The van der Waals surface area contributed by atoms with E-state index in [9.17, 15) is 22.7 Å². The van der Waals surface area contributed by atoms with E-state index in [0.29, 0.717) is 11.3 Å². The van der Waals surface area contributed by atoms with Crippen molar-refractivity contribution in [2.45, 2.75) is 35.5 Å². The van der Waals surface area contributed by atoms with Crippen LogP contribution < -0.4 is 14.2 Å². The van der Waals surface area contributed by atoms with Gasteiger partial charge in [-0.25, -0.2) is 22.3 Å². The van der Waals surface area contributed by atoms with Crippen LogP contribution in [0.2, 0.25) is 5.02 Å². The van der Waals surface area contributed by atoms with E-state index in [0.717, 1.165) is 18.2 Å². The molecule has 1 aliphatic heterocycles. The van der Waals surface area contributed by atoms with Crippen LogP contribution in [0.1, 0.15) is 17.9 Å². The molecule has 4 rings (SSSR count). The number of fused-ring (bicyclic) bond motifs is 3. The molecule has 0 bridgehead atoms. The summed E-state index contributed by atoms with van der Waals surface area (Å²) in [6.07, 6.45) is -1.41. The summed E-state index contributed by atoms with van der Waals surface area (Å²) in [7, 11) is -4.17. The Balaban J connectivity index is 1.64. The SMILES string of the molecule is O=C(O)COc1cccc2c1OC1CC(O)C(NS(=O)(=O)c3ccc(F)cc3Cl)C21. The molecule has 0 spiro atoms. The molecule has 0 saturated heterocycles. The highest BCUT2D eigenvalue weighted by Gasteiger charge is 2.51. The Hall–Kier alpha value is -2.40. The second-order valence-corrected chi connectivity index (χ2v) is 9.15. The largest absolute Gasteiger partial charge is 0.485 e. The van der Waals surface area contributed by atoms with Gasteiger partial charge in [-0.1, -0.05) is 23.7 Å². The maximum Gasteiger partial charge on any atom is 0.341 e. The van der Waals surface area contributed by atoms with Crippen LogP contribution in [-0.4, -0.2) is 49.5 Å². The number of hydrogen-bond acceptors (Lipinski definition) is 6. The molecule has 8 nitrogen and oxygen atoms in total. The zero-order valence-electron chi connectivity index (χ0n) is 15.3. The summed E-state index contributed by atoms with van der Waals surface area (Å²) < 4.78 is 52.6. The molecule has 160 valence electrons. The van der Waals surface area contributed by atoms with Crippen LogP contribution in [0.25, 0.3) is 0 Å². The van der Waals surface area contributed by atoms with Gasteiger partial charge < -0.3 is 19.7 Å². The lowest BCUT2D eigenvalue weighted by molar-refractivity contribution is -0.139. The average molecular weight is 458 g/mol. The van der Waals surface area contributed by atoms with Gasteiger partial charge in [0.2, 0.25) is 10.0 Å². The minimum atomic E-state index is -4.17. The van der Waals surface area contributed by atoms with Crippen LogP contribution in [0, 0.1) is 5.82 Å². The summed E-state index contributed by atoms with van der Waals surface area (Å²) >= 11 is 5.90. The predicted octanol–water partition coefficient (Wildman–Crippen LogP) is 1.90. The van der Waals surface area contributed by atoms with Crippen molar-refractivity contribution in [3.63, 3.8) is 0 Å². The van der Waals surface area contributed by atoms with Gasteiger partial charge in [-0.3, -0.25) is 0 Å². The molecule has 30 heavy (non-hydrogen) atoms. The smallest absolute Gasteiger partial charge is 0.341 e. The number of nitrogens with one attached hydrogen (secondary N) is 1. The van der Waals surface area contributed by atoms with Crippen LogP contribution in [0.15, 0.2) is 41.3 Å². The molecule has 1 aliphatic carbocycles. The topological polar surface area (TPSA) is 122 Å². The van der Waals surface area contributed by atoms with E-state index in [1.54, 1.807) is 18.2 Å². The molecule has 2 aromatic carbocycles. The maximum atomic E-state index is 13.3. The Morgan fingerprint density at radius 3 is 2.80 bits per heavy atom. The third kappa shape index (κ3) is 3.71. The fraction of sp³-hybridized carbons (Fsp3) is 0.316. The van der Waals surface area contributed by atoms with E-state index in [2.05, 4.69) is 4.72 Å². The van der Waals surface area contributed by atoms with Crippen LogP contribution in [0.4, 0.5) is 4.39 Å². The van der Waals surface area contributed by atoms with Crippen molar-refractivity contribution in [2.75, 3.05) is 6.61 Å². The molecular weight excluding hydrogens is 441 g/mol. The van der Waals surface area contributed by atoms with Crippen molar-refractivity contribution in [3.8, 4) is 11.5 Å². The predicted molar refractivity (Wildman–Crippen MR) is 103 cm³/mol. The zero-order chi connectivity index (χ0) is 21.6. The van der Waals surface area contributed by atoms with Gasteiger partial charge in [-0.15, -0.1) is 0 Å². The van der Waals surface area contributed by atoms with Gasteiger partial charge in [0.1, 0.15) is 16.8 Å². The molecule has 1 saturated carbocycles. The highest BCUT2D eigenvalue weighted by Crippen LogP contribution is 2.51. The highest BCUT2D eigenvalue weighted by atomic mass is 35.5. The Morgan fingerprint density at radius 2 is 2.10 bits per heavy atom. The van der Waals surface area contributed by atoms with Crippen molar-refractivity contribution >= 4 is 27.6 Å². The minimum Gasteiger partial charge on any atom is -0.485 e. The number of hydrogen-bond donors (Lipinski definition) is 3. The minimum absolute atomic E-state index is 0.155. The van der Waals surface area contributed by atoms with Crippen LogP contribution in [-0.2, 0) is 14.8 Å². The number of aliphatic hydroxyl groups excluding tert-OH is 1. The van der Waals surface area contributed by atoms with Crippen LogP contribution in [0.3, 0.4) is 0 Å². The number of carbonyl (C=O) groups is 1. The van der Waals surface area contributed by atoms with Crippen molar-refractivity contribution in [1.29, 1.82) is 0 Å². The Labute approximate surface area is 176 Å². The third-order valence-corrected chi connectivity index (χ3v) is 7.08. The first-order valence-corrected chi connectivity index (χ1v) is 10.8. The highest BCUT2D eigenvalue weighted by molar-refractivity contribution is 7.89. The maximum absolute atomic E-state index is 13.3. The van der Waals surface area contributed by atoms with Gasteiger partial charge in [0.25, 0.3) is 0 Å². The van der Waals surface area contributed by atoms with E-state index in [4.69, 9.17) is 26.2 Å². The molecule has 2 aromatic rings. The lowest BCUT2D eigenvalue weighted by atomic mass is 9.94. The van der Waals surface area contributed by atoms with Gasteiger partial charge >= 0.3 is 5.97 Å². The summed E-state index contributed by atoms with van der Waals surface area (Å²) in [5.74, 6) is -1.81. The molecular formula is C19H17ClFNO7S. The van der Waals surface area contributed by atoms with Crippen molar-refractivity contribution in [1.82, 2.24) is 4.72 Å². The van der Waals surface area contributed by atoms with Gasteiger partial charge in [0.15, 0.2) is 18.1 Å². The van der Waals surface area contributed by atoms with Crippen molar-refractivity contribution < 1.29 is 37.3 Å². The van der Waals surface area contributed by atoms with E-state index in [-0.39, 0.29) is 22.1 Å². The fourth-order valence-electron chi connectivity index (χ4n) is 3.93. The lowest BCUT2D eigenvalue weighted by Gasteiger charge is -2.22. The van der Waals surface area contributed by atoms with E-state index in [1.807, 2.05) is 0 Å². The van der Waals surface area contributed by atoms with E-state index >= 15 is 0 Å². The van der Waals surface area contributed by atoms with Gasteiger partial charge in [-0.2, -0.15) is 0 Å². The van der Waals surface area contributed by atoms with Crippen LogP contribution in [0.5, 0.6) is 11.5 Å². The van der Waals surface area contributed by atoms with Gasteiger partial charge in [-0.05, 0) is 24.3 Å². The van der Waals surface area contributed by atoms with E-state index in [1.165, 1.54) is 0 Å². The molecule has 1 heterocycles. The summed E-state index contributed by atoms with van der Waals surface area (Å²) in [6.45, 7) is -0.559. The lowest BCUT2D eigenvalue weighted by Crippen LogP contribution is -2.43. The van der Waals surface area contributed by atoms with E-state index < -0.39 is 52.6 Å². The Kier molecular flexibility index (Phi) is 5.35. The summed E-state index contributed by atoms with van der Waals surface area (Å²) in [6, 6.07) is 6.88. The second kappa shape index (κ2) is 7.69. The number of halogens is 2. The summed E-state index contributed by atoms with van der Waals surface area (Å²) in [5, 5.41) is 19.0. The first kappa shape index (κ1) is 20.9. The Morgan fingerprint density at radius 1 is 1.33 bits per heavy atom. The molecule has 4 unspecified atom stereocenters. The molecule has 4 atom stereocenters. The van der Waals surface area contributed by atoms with Crippen molar-refractivity contribution in [2.24, 2.45) is 0 Å². The Bertz CT molecular complexity index is 1110. The molecule has 3 N–H and O–H groups in total. The molecule has 11 heteroatoms. The summed E-state index contributed by atoms with van der Waals surface area (Å²) in [5.41, 5.74) is 0.595. The number of aliphatic carboxylic acids is 1. The normalized spacial score (nSPS) is 24.8. The molecule has 0 amide bonds. The number of aliphatic hydroxyl groups is 1. The van der Waals surface area contributed by atoms with Crippen LogP contribution >= 0.6 is 11.6 Å². The number of sulfonamides is 1. The zero-order valence-corrected chi connectivity index (χ0v) is 16.9. The van der Waals surface area contributed by atoms with Crippen molar-refractivity contribution in [3.05, 3.63) is 52.8 Å². The average Bonchev–Trinajstić information content (AvgIpc) is 3.15. The standard InChI is InChI=1S/C19H17ClFNO7S/c20-11-6-9(21)4-5-15(11)30(26,27)22-18-12(23)7-14-17(18)10-2-1-3-13(19(10)29-14)28-8-16(24)25/h1-6,12,14,17-18,22-23H,7-8H2,(H,24,25). The third-order valence-electron chi connectivity index (χ3n) is 5.14. The summed E-state index contributed by atoms with van der Waals surface area (Å²) in [4.78, 5) is 10.5. The first-order valence-electron chi connectivity index (χ1n) is 8.97. The number of carboxylic acids is 1. The molecule has 0 aromatic heterocycles. The number of rotatable bonds is 6. The molecule has 0 radical (unpaired) electrons. The second-order valence-electron chi connectivity index (χ2n) is 7.06. The number of benzene rings is 2. The number of ether oxygens (including phenoxy) is 2. The van der Waals surface area contributed by atoms with Gasteiger partial charge in [0, 0.05) is 17.9 Å². The quantitative estimate of drug-likeness (QED) is 0.605. The first-order chi connectivity index (χ1) is 14.2. The fourth-order valence-corrected chi connectivity index (χ4v) is 5.75. The monoisotopic (exact) mass is 457 g/mol. The number of carboxylic acid groups (broad SMARTS) is 1. The molecule has 2 aliphatic rings. The number of para-hydroxylation sites is 1.